The third kappa shape index (κ3) is 3.45. The fraction of sp³-hybridized carbons (Fsp3) is 0.417. The summed E-state index contributed by atoms with van der Waals surface area (Å²) in [6.45, 7) is 0. The van der Waals surface area contributed by atoms with Crippen LogP contribution < -0.4 is 0 Å². The van der Waals surface area contributed by atoms with E-state index in [0.717, 1.165) is 29.4 Å². The predicted molar refractivity (Wildman–Crippen MR) is 68.6 cm³/mol. The lowest BCUT2D eigenvalue weighted by molar-refractivity contribution is -0.117. The number of halogens is 2. The molecule has 1 aromatic rings. The normalized spacial score (nSPS) is 20.2. The molecule has 0 saturated carbocycles. The van der Waals surface area contributed by atoms with Gasteiger partial charge in [-0.2, -0.15) is 11.8 Å². The second kappa shape index (κ2) is 5.87. The Bertz CT molecular complexity index is 417. The van der Waals surface area contributed by atoms with Gasteiger partial charge in [-0.05, 0) is 17.7 Å². The molecule has 1 heterocycles. The fourth-order valence-electron chi connectivity index (χ4n) is 1.64. The highest BCUT2D eigenvalue weighted by Gasteiger charge is 2.22. The first-order valence-electron chi connectivity index (χ1n) is 5.33. The van der Waals surface area contributed by atoms with Crippen LogP contribution >= 0.6 is 23.5 Å². The van der Waals surface area contributed by atoms with Crippen molar-refractivity contribution >= 4 is 29.3 Å². The topological polar surface area (TPSA) is 17.1 Å². The third-order valence-corrected chi connectivity index (χ3v) is 5.34. The van der Waals surface area contributed by atoms with Crippen molar-refractivity contribution in [1.29, 1.82) is 0 Å². The third-order valence-electron chi connectivity index (χ3n) is 2.54. The van der Waals surface area contributed by atoms with Crippen molar-refractivity contribution in [3.8, 4) is 0 Å². The SMILES string of the molecule is O=C(Cc1ccc(F)c(F)c1)C1CSCCS1. The van der Waals surface area contributed by atoms with Gasteiger partial charge in [-0.15, -0.1) is 11.8 Å². The monoisotopic (exact) mass is 274 g/mol. The zero-order valence-electron chi connectivity index (χ0n) is 9.12. The number of ketones is 1. The molecule has 1 aliphatic rings. The predicted octanol–water partition coefficient (Wildman–Crippen LogP) is 2.93. The summed E-state index contributed by atoms with van der Waals surface area (Å²) in [7, 11) is 0. The highest BCUT2D eigenvalue weighted by Crippen LogP contribution is 2.25. The van der Waals surface area contributed by atoms with Gasteiger partial charge >= 0.3 is 0 Å². The van der Waals surface area contributed by atoms with Crippen LogP contribution in [-0.2, 0) is 11.2 Å². The largest absolute Gasteiger partial charge is 0.298 e. The van der Waals surface area contributed by atoms with Crippen LogP contribution in [0.4, 0.5) is 8.78 Å². The summed E-state index contributed by atoms with van der Waals surface area (Å²) in [5.74, 6) is 1.24. The van der Waals surface area contributed by atoms with Crippen molar-refractivity contribution in [2.24, 2.45) is 0 Å². The van der Waals surface area contributed by atoms with E-state index in [4.69, 9.17) is 0 Å². The van der Waals surface area contributed by atoms with E-state index in [1.807, 2.05) is 0 Å². The van der Waals surface area contributed by atoms with Crippen LogP contribution in [0.2, 0.25) is 0 Å². The number of Topliss-reactive ketones (excluding diaryl/α,β-unsaturated/α-hetero) is 1. The summed E-state index contributed by atoms with van der Waals surface area (Å²) in [6.07, 6.45) is 0.190. The minimum absolute atomic E-state index is 0.00173. The van der Waals surface area contributed by atoms with Crippen LogP contribution in [0, 0.1) is 11.6 Å². The minimum Gasteiger partial charge on any atom is -0.298 e. The van der Waals surface area contributed by atoms with Gasteiger partial charge in [0.05, 0.1) is 5.25 Å². The summed E-state index contributed by atoms with van der Waals surface area (Å²) in [5, 5.41) is 0.00173. The smallest absolute Gasteiger partial charge is 0.159 e. The van der Waals surface area contributed by atoms with Gasteiger partial charge < -0.3 is 0 Å². The molecule has 92 valence electrons. The van der Waals surface area contributed by atoms with Crippen molar-refractivity contribution in [1.82, 2.24) is 0 Å². The average molecular weight is 274 g/mol. The van der Waals surface area contributed by atoms with E-state index >= 15 is 0 Å². The van der Waals surface area contributed by atoms with Crippen molar-refractivity contribution in [2.45, 2.75) is 11.7 Å². The van der Waals surface area contributed by atoms with Crippen LogP contribution in [0.15, 0.2) is 18.2 Å². The molecule has 0 bridgehead atoms. The number of hydrogen-bond acceptors (Lipinski definition) is 3. The van der Waals surface area contributed by atoms with E-state index in [2.05, 4.69) is 0 Å². The second-order valence-electron chi connectivity index (χ2n) is 3.83. The summed E-state index contributed by atoms with van der Waals surface area (Å²) in [4.78, 5) is 11.9. The molecule has 1 aliphatic heterocycles. The second-order valence-corrected chi connectivity index (χ2v) is 6.29. The summed E-state index contributed by atoms with van der Waals surface area (Å²) in [5.41, 5.74) is 0.546. The molecule has 0 radical (unpaired) electrons. The average Bonchev–Trinajstić information content (AvgIpc) is 2.35. The van der Waals surface area contributed by atoms with E-state index in [1.54, 1.807) is 23.5 Å². The molecule has 1 unspecified atom stereocenters. The van der Waals surface area contributed by atoms with Gasteiger partial charge in [-0.3, -0.25) is 4.79 Å². The molecule has 0 N–H and O–H groups in total. The summed E-state index contributed by atoms with van der Waals surface area (Å²) >= 11 is 3.43. The van der Waals surface area contributed by atoms with E-state index in [9.17, 15) is 13.6 Å². The number of carbonyl (C=O) groups excluding carboxylic acids is 1. The molecule has 17 heavy (non-hydrogen) atoms. The maximum Gasteiger partial charge on any atom is 0.159 e. The molecule has 0 amide bonds. The molecular weight excluding hydrogens is 262 g/mol. The first-order valence-corrected chi connectivity index (χ1v) is 7.53. The number of rotatable bonds is 3. The fourth-order valence-corrected chi connectivity index (χ4v) is 4.29. The van der Waals surface area contributed by atoms with Crippen LogP contribution in [0.1, 0.15) is 5.56 Å². The lowest BCUT2D eigenvalue weighted by atomic mass is 10.1. The molecular formula is C12H12F2OS2. The Balaban J connectivity index is 1.99. The quantitative estimate of drug-likeness (QED) is 0.843. The van der Waals surface area contributed by atoms with Gasteiger partial charge in [-0.1, -0.05) is 6.07 Å². The van der Waals surface area contributed by atoms with E-state index in [1.165, 1.54) is 6.07 Å². The lowest BCUT2D eigenvalue weighted by Crippen LogP contribution is -2.25. The van der Waals surface area contributed by atoms with Crippen LogP contribution in [0.25, 0.3) is 0 Å². The van der Waals surface area contributed by atoms with Gasteiger partial charge in [0.25, 0.3) is 0 Å². The number of hydrogen-bond donors (Lipinski definition) is 0. The van der Waals surface area contributed by atoms with E-state index in [-0.39, 0.29) is 17.5 Å². The van der Waals surface area contributed by atoms with Crippen LogP contribution in [0.3, 0.4) is 0 Å². The zero-order valence-corrected chi connectivity index (χ0v) is 10.8. The molecule has 0 aromatic heterocycles. The van der Waals surface area contributed by atoms with E-state index in [0.29, 0.717) is 5.56 Å². The summed E-state index contributed by atoms with van der Waals surface area (Å²) < 4.78 is 25.7. The van der Waals surface area contributed by atoms with Crippen molar-refractivity contribution in [2.75, 3.05) is 17.3 Å². The highest BCUT2D eigenvalue weighted by molar-refractivity contribution is 8.07. The molecule has 1 atom stereocenters. The Kier molecular flexibility index (Phi) is 4.45. The van der Waals surface area contributed by atoms with Gasteiger partial charge in [0, 0.05) is 23.7 Å². The highest BCUT2D eigenvalue weighted by atomic mass is 32.2. The molecule has 1 nitrogen and oxygen atoms in total. The zero-order chi connectivity index (χ0) is 12.3. The maximum absolute atomic E-state index is 13.0. The Hall–Kier alpha value is -0.550. The van der Waals surface area contributed by atoms with Crippen molar-refractivity contribution in [3.63, 3.8) is 0 Å². The Morgan fingerprint density at radius 3 is 2.76 bits per heavy atom. The standard InChI is InChI=1S/C12H12F2OS2/c13-9-2-1-8(5-10(9)14)6-11(15)12-7-16-3-4-17-12/h1-2,5,12H,3-4,6-7H2. The Labute approximate surface area is 107 Å². The maximum atomic E-state index is 13.0. The summed E-state index contributed by atoms with van der Waals surface area (Å²) in [6, 6.07) is 3.64. The molecule has 5 heteroatoms. The van der Waals surface area contributed by atoms with Gasteiger partial charge in [0.1, 0.15) is 0 Å². The molecule has 1 aromatic carbocycles. The lowest BCUT2D eigenvalue weighted by Gasteiger charge is -2.19. The first-order chi connectivity index (χ1) is 8.16. The minimum atomic E-state index is -0.888. The number of benzene rings is 1. The van der Waals surface area contributed by atoms with Crippen molar-refractivity contribution < 1.29 is 13.6 Å². The number of carbonyl (C=O) groups is 1. The van der Waals surface area contributed by atoms with Gasteiger partial charge in [0.2, 0.25) is 0 Å². The molecule has 2 rings (SSSR count). The Morgan fingerprint density at radius 1 is 1.29 bits per heavy atom. The molecule has 1 saturated heterocycles. The van der Waals surface area contributed by atoms with Crippen LogP contribution in [-0.4, -0.2) is 28.3 Å². The number of thioether (sulfide) groups is 2. The molecule has 1 fully saturated rings. The molecule has 0 spiro atoms. The van der Waals surface area contributed by atoms with Gasteiger partial charge in [-0.25, -0.2) is 8.78 Å². The van der Waals surface area contributed by atoms with E-state index < -0.39 is 11.6 Å². The van der Waals surface area contributed by atoms with Gasteiger partial charge in [0.15, 0.2) is 17.4 Å². The molecule has 0 aliphatic carbocycles. The Morgan fingerprint density at radius 2 is 2.12 bits per heavy atom. The first kappa shape index (κ1) is 12.9. The van der Waals surface area contributed by atoms with Crippen LogP contribution in [0.5, 0.6) is 0 Å². The van der Waals surface area contributed by atoms with Crippen molar-refractivity contribution in [3.05, 3.63) is 35.4 Å².